The fourth-order valence-corrected chi connectivity index (χ4v) is 3.60. The van der Waals surface area contributed by atoms with Crippen LogP contribution in [0, 0.1) is 5.92 Å². The Hall–Kier alpha value is -1.85. The molecule has 0 aromatic heterocycles. The minimum Gasteiger partial charge on any atom is -0.442 e. The Balaban J connectivity index is 1.69. The summed E-state index contributed by atoms with van der Waals surface area (Å²) < 4.78 is 7.05. The summed E-state index contributed by atoms with van der Waals surface area (Å²) in [7, 11) is 0. The maximum absolute atomic E-state index is 6.02. The molecule has 0 amide bonds. The second kappa shape index (κ2) is 6.22. The maximum atomic E-state index is 6.02. The zero-order valence-corrected chi connectivity index (χ0v) is 15.5. The molecule has 2 aliphatic rings. The Morgan fingerprint density at radius 2 is 1.96 bits per heavy atom. The fourth-order valence-electron chi connectivity index (χ4n) is 2.92. The molecule has 24 heavy (non-hydrogen) atoms. The number of benzene rings is 2. The maximum Gasteiger partial charge on any atom is 0.207 e. The van der Waals surface area contributed by atoms with E-state index in [1.165, 1.54) is 5.56 Å². The second-order valence-electron chi connectivity index (χ2n) is 5.88. The Labute approximate surface area is 154 Å². The molecule has 5 heteroatoms. The van der Waals surface area contributed by atoms with Crippen LogP contribution in [0.2, 0.25) is 0 Å². The Kier molecular flexibility index (Phi) is 4.06. The van der Waals surface area contributed by atoms with E-state index in [9.17, 15) is 0 Å². The quantitative estimate of drug-likeness (QED) is 0.683. The molecule has 0 N–H and O–H groups in total. The lowest BCUT2D eigenvalue weighted by Crippen LogP contribution is -2.36. The molecule has 0 aliphatic carbocycles. The van der Waals surface area contributed by atoms with Gasteiger partial charge in [-0.2, -0.15) is 4.99 Å². The number of amidine groups is 1. The van der Waals surface area contributed by atoms with Crippen molar-refractivity contribution in [3.63, 3.8) is 0 Å². The van der Waals surface area contributed by atoms with Gasteiger partial charge in [0, 0.05) is 10.0 Å². The molecule has 0 spiro atoms. The van der Waals surface area contributed by atoms with Crippen LogP contribution in [-0.2, 0) is 12.8 Å². The highest BCUT2D eigenvalue weighted by atomic mass is 79.9. The molecule has 3 nitrogen and oxygen atoms in total. The van der Waals surface area contributed by atoms with Gasteiger partial charge in [0.2, 0.25) is 5.90 Å². The van der Waals surface area contributed by atoms with Crippen LogP contribution in [0.5, 0.6) is 5.75 Å². The van der Waals surface area contributed by atoms with E-state index in [4.69, 9.17) is 17.0 Å². The molecule has 1 atom stereocenters. The molecule has 0 radical (unpaired) electrons. The first kappa shape index (κ1) is 15.7. The van der Waals surface area contributed by atoms with Gasteiger partial charge in [-0.3, -0.25) is 0 Å². The van der Waals surface area contributed by atoms with Crippen LogP contribution in [0.1, 0.15) is 23.6 Å². The average molecular weight is 399 g/mol. The lowest BCUT2D eigenvalue weighted by molar-refractivity contribution is 0.482. The van der Waals surface area contributed by atoms with E-state index in [0.29, 0.717) is 16.7 Å². The highest BCUT2D eigenvalue weighted by Crippen LogP contribution is 2.33. The zero-order chi connectivity index (χ0) is 16.7. The summed E-state index contributed by atoms with van der Waals surface area (Å²) in [5.41, 5.74) is 3.38. The van der Waals surface area contributed by atoms with Crippen molar-refractivity contribution in [2.45, 2.75) is 19.8 Å². The molecule has 4 rings (SSSR count). The minimum absolute atomic E-state index is 0.0551. The van der Waals surface area contributed by atoms with Gasteiger partial charge in [-0.1, -0.05) is 59.3 Å². The van der Waals surface area contributed by atoms with E-state index >= 15 is 0 Å². The topological polar surface area (TPSA) is 34.0 Å². The molecular formula is C19H15BrN2OS. The van der Waals surface area contributed by atoms with Gasteiger partial charge in [-0.05, 0) is 42.2 Å². The van der Waals surface area contributed by atoms with E-state index in [1.807, 2.05) is 24.3 Å². The first-order valence-electron chi connectivity index (χ1n) is 7.90. The number of hydrogen-bond acceptors (Lipinski definition) is 3. The van der Waals surface area contributed by atoms with Gasteiger partial charge in [0.15, 0.2) is 5.84 Å². The van der Waals surface area contributed by atoms with Gasteiger partial charge in [-0.15, -0.1) is 0 Å². The van der Waals surface area contributed by atoms with Gasteiger partial charge >= 0.3 is 0 Å². The number of thiocarbonyl (C=S) groups is 1. The minimum atomic E-state index is -0.0551. The molecule has 2 aromatic carbocycles. The van der Waals surface area contributed by atoms with E-state index in [0.717, 1.165) is 34.2 Å². The molecule has 0 saturated carbocycles. The van der Waals surface area contributed by atoms with Gasteiger partial charge < -0.3 is 4.74 Å². The number of nitrogens with zero attached hydrogens (tertiary/aromatic N) is 2. The zero-order valence-electron chi connectivity index (χ0n) is 13.1. The highest BCUT2D eigenvalue weighted by Gasteiger charge is 2.33. The molecule has 0 saturated heterocycles. The standard InChI is InChI=1S/C19H15BrN2OS/c1-2-11-3-5-12(6-4-11)17-21-18-15(19(24)22-17)10-13-9-14(20)7-8-16(13)23-18/h3-9,15H,2,10H2,1H3. The van der Waals surface area contributed by atoms with E-state index < -0.39 is 0 Å². The molecule has 2 aromatic rings. The average Bonchev–Trinajstić information content (AvgIpc) is 2.60. The number of aryl methyl sites for hydroxylation is 1. The van der Waals surface area contributed by atoms with Crippen LogP contribution in [0.25, 0.3) is 0 Å². The summed E-state index contributed by atoms with van der Waals surface area (Å²) in [4.78, 5) is 9.84. The third-order valence-corrected chi connectivity index (χ3v) is 5.18. The fraction of sp³-hybridized carbons (Fsp3) is 0.211. The smallest absolute Gasteiger partial charge is 0.207 e. The Bertz CT molecular complexity index is 887. The molecule has 120 valence electrons. The Morgan fingerprint density at radius 1 is 1.17 bits per heavy atom. The molecular weight excluding hydrogens is 384 g/mol. The third kappa shape index (κ3) is 2.82. The van der Waals surface area contributed by atoms with Crippen molar-refractivity contribution in [2.75, 3.05) is 0 Å². The van der Waals surface area contributed by atoms with Crippen LogP contribution in [0.4, 0.5) is 0 Å². The summed E-state index contributed by atoms with van der Waals surface area (Å²) in [6, 6.07) is 14.3. The summed E-state index contributed by atoms with van der Waals surface area (Å²) in [6.07, 6.45) is 1.79. The van der Waals surface area contributed by atoms with Gasteiger partial charge in [-0.25, -0.2) is 4.99 Å². The monoisotopic (exact) mass is 398 g/mol. The van der Waals surface area contributed by atoms with Gasteiger partial charge in [0.25, 0.3) is 0 Å². The van der Waals surface area contributed by atoms with Crippen LogP contribution in [0.3, 0.4) is 0 Å². The van der Waals surface area contributed by atoms with Crippen LogP contribution in [0.15, 0.2) is 56.9 Å². The summed E-state index contributed by atoms with van der Waals surface area (Å²) in [6.45, 7) is 2.14. The number of fused-ring (bicyclic) bond motifs is 2. The van der Waals surface area contributed by atoms with Crippen LogP contribution in [-0.4, -0.2) is 16.7 Å². The van der Waals surface area contributed by atoms with E-state index in [1.54, 1.807) is 0 Å². The number of rotatable bonds is 2. The van der Waals surface area contributed by atoms with Crippen molar-refractivity contribution >= 4 is 44.9 Å². The molecule has 2 heterocycles. The van der Waals surface area contributed by atoms with Crippen molar-refractivity contribution in [2.24, 2.45) is 15.9 Å². The van der Waals surface area contributed by atoms with E-state index in [-0.39, 0.29) is 5.92 Å². The van der Waals surface area contributed by atoms with Crippen LogP contribution < -0.4 is 4.74 Å². The third-order valence-electron chi connectivity index (χ3n) is 4.31. The number of halogens is 1. The second-order valence-corrected chi connectivity index (χ2v) is 7.22. The lowest BCUT2D eigenvalue weighted by atomic mass is 9.94. The predicted molar refractivity (Wildman–Crippen MR) is 104 cm³/mol. The number of ether oxygens (including phenoxy) is 1. The Morgan fingerprint density at radius 3 is 2.71 bits per heavy atom. The van der Waals surface area contributed by atoms with E-state index in [2.05, 4.69) is 51.0 Å². The largest absolute Gasteiger partial charge is 0.442 e. The highest BCUT2D eigenvalue weighted by molar-refractivity contribution is 9.10. The summed E-state index contributed by atoms with van der Waals surface area (Å²) in [5.74, 6) is 2.08. The first-order valence-corrected chi connectivity index (χ1v) is 9.11. The predicted octanol–water partition coefficient (Wildman–Crippen LogP) is 4.75. The summed E-state index contributed by atoms with van der Waals surface area (Å²) >= 11 is 9.03. The van der Waals surface area contributed by atoms with Gasteiger partial charge in [0.1, 0.15) is 10.7 Å². The first-order chi connectivity index (χ1) is 11.6. The SMILES string of the molecule is CCc1ccc(C2=NC(=S)C3Cc4cc(Br)ccc4OC3=N2)cc1. The molecule has 2 aliphatic heterocycles. The van der Waals surface area contributed by atoms with Crippen molar-refractivity contribution < 1.29 is 4.74 Å². The number of hydrogen-bond donors (Lipinski definition) is 0. The van der Waals surface area contributed by atoms with Crippen LogP contribution >= 0.6 is 28.1 Å². The van der Waals surface area contributed by atoms with Crippen molar-refractivity contribution in [1.82, 2.24) is 0 Å². The van der Waals surface area contributed by atoms with Crippen molar-refractivity contribution in [3.05, 3.63) is 63.6 Å². The van der Waals surface area contributed by atoms with Crippen molar-refractivity contribution in [1.29, 1.82) is 0 Å². The lowest BCUT2D eigenvalue weighted by Gasteiger charge is -2.28. The van der Waals surface area contributed by atoms with Crippen molar-refractivity contribution in [3.8, 4) is 5.75 Å². The molecule has 0 bridgehead atoms. The molecule has 0 fully saturated rings. The normalized spacial score (nSPS) is 18.9. The van der Waals surface area contributed by atoms with Gasteiger partial charge in [0.05, 0.1) is 5.92 Å². The molecule has 1 unspecified atom stereocenters. The summed E-state index contributed by atoms with van der Waals surface area (Å²) in [5, 5.41) is 0. The number of aliphatic imine (C=N–C) groups is 2.